The Balaban J connectivity index is 0.00000578. The second kappa shape index (κ2) is 19.9. The van der Waals surface area contributed by atoms with Gasteiger partial charge in [0, 0.05) is 57.4 Å². The molecule has 2 aromatic heterocycles. The van der Waals surface area contributed by atoms with E-state index in [0.717, 1.165) is 58.1 Å². The predicted molar refractivity (Wildman–Crippen MR) is 258 cm³/mol. The molecule has 10 aromatic rings. The van der Waals surface area contributed by atoms with Gasteiger partial charge in [-0.3, -0.25) is 27.5 Å². The summed E-state index contributed by atoms with van der Waals surface area (Å²) in [5.41, 5.74) is 5.40. The van der Waals surface area contributed by atoms with Crippen LogP contribution in [-0.4, -0.2) is 9.97 Å². The van der Waals surface area contributed by atoms with Crippen LogP contribution >= 0.6 is 0 Å². The second-order valence-corrected chi connectivity index (χ2v) is 15.8. The standard InChI is InChI=1S/C59H38F4N4.Pt/c60-43-31-33-51(53(62)35-43)55-37-49(66(45-23-11-3-12-24-45)46-25-13-4-14-26-46)39-57(64-55)59(41-19-7-1-8-20-41,42-21-9-2-10-22-42)58-40-50(38-56(65-58)52-34-32-44(61)36-54(52)63)67(47-27-15-5-16-28-47)48-29-17-6-18-30-48;/h1-32,35-40H;/q-2;+2. The number of nitrogens with zero attached hydrogens (tertiary/aromatic N) is 4. The third kappa shape index (κ3) is 8.86. The summed E-state index contributed by atoms with van der Waals surface area (Å²) in [5, 5.41) is 0. The van der Waals surface area contributed by atoms with Gasteiger partial charge in [0.15, 0.2) is 0 Å². The molecule has 0 saturated carbocycles. The fourth-order valence-corrected chi connectivity index (χ4v) is 8.68. The van der Waals surface area contributed by atoms with Gasteiger partial charge in [-0.15, -0.1) is 24.3 Å². The average Bonchev–Trinajstić information content (AvgIpc) is 3.36. The van der Waals surface area contributed by atoms with Crippen LogP contribution in [-0.2, 0) is 26.5 Å². The molecule has 0 aliphatic heterocycles. The molecule has 0 spiro atoms. The fraction of sp³-hybridized carbons (Fsp3) is 0.0169. The Morgan fingerprint density at radius 1 is 0.353 bits per heavy atom. The largest absolute Gasteiger partial charge is 2.00 e. The van der Waals surface area contributed by atoms with Crippen LogP contribution in [0.15, 0.2) is 231 Å². The van der Waals surface area contributed by atoms with E-state index in [-0.39, 0.29) is 43.6 Å². The number of anilines is 6. The van der Waals surface area contributed by atoms with Crippen LogP contribution in [0.3, 0.4) is 0 Å². The van der Waals surface area contributed by atoms with Crippen LogP contribution in [0.1, 0.15) is 22.5 Å². The molecule has 0 atom stereocenters. The van der Waals surface area contributed by atoms with E-state index < -0.39 is 28.7 Å². The Bertz CT molecular complexity index is 2990. The van der Waals surface area contributed by atoms with Crippen molar-refractivity contribution >= 4 is 34.1 Å². The zero-order chi connectivity index (χ0) is 45.7. The summed E-state index contributed by atoms with van der Waals surface area (Å²) in [6.07, 6.45) is 0. The van der Waals surface area contributed by atoms with Gasteiger partial charge < -0.3 is 9.80 Å². The van der Waals surface area contributed by atoms with E-state index >= 15 is 8.78 Å². The van der Waals surface area contributed by atoms with Crippen LogP contribution < -0.4 is 9.80 Å². The Morgan fingerprint density at radius 3 is 0.941 bits per heavy atom. The van der Waals surface area contributed by atoms with E-state index in [1.54, 1.807) is 12.1 Å². The zero-order valence-electron chi connectivity index (χ0n) is 36.1. The molecule has 0 radical (unpaired) electrons. The minimum atomic E-state index is -1.47. The topological polar surface area (TPSA) is 32.3 Å². The van der Waals surface area contributed by atoms with Crippen molar-refractivity contribution in [2.45, 2.75) is 5.41 Å². The summed E-state index contributed by atoms with van der Waals surface area (Å²) in [6, 6.07) is 75.4. The van der Waals surface area contributed by atoms with Crippen molar-refractivity contribution in [3.05, 3.63) is 288 Å². The molecular formula is C59H38F4N4Pt. The number of aromatic nitrogens is 2. The van der Waals surface area contributed by atoms with Crippen molar-refractivity contribution in [1.82, 2.24) is 9.97 Å². The molecule has 0 aliphatic carbocycles. The van der Waals surface area contributed by atoms with Gasteiger partial charge in [-0.25, -0.2) is 0 Å². The minimum Gasteiger partial charge on any atom is -0.311 e. The third-order valence-corrected chi connectivity index (χ3v) is 11.6. The number of hydrogen-bond acceptors (Lipinski definition) is 4. The number of para-hydroxylation sites is 4. The first-order valence-electron chi connectivity index (χ1n) is 21.6. The molecule has 0 fully saturated rings. The maximum absolute atomic E-state index is 16.3. The van der Waals surface area contributed by atoms with Gasteiger partial charge in [-0.05, 0) is 83.2 Å². The summed E-state index contributed by atoms with van der Waals surface area (Å²) in [7, 11) is 0. The number of halogens is 4. The molecule has 68 heavy (non-hydrogen) atoms. The summed E-state index contributed by atoms with van der Waals surface area (Å²) in [5.74, 6) is -3.26. The SMILES string of the molecule is Fc1c[c-]c(-c2cc(N(c3ccccc3)c3ccccc3)cc(C(c3ccccc3)(c3ccccc3)c3cc(N(c4ccccc4)c4ccccc4)cc(-c4[c-]cc(F)cc4F)n3)n2)c(F)c1.[Pt+2]. The van der Waals surface area contributed by atoms with Crippen molar-refractivity contribution in [2.75, 3.05) is 9.80 Å². The molecule has 0 amide bonds. The van der Waals surface area contributed by atoms with Crippen molar-refractivity contribution in [2.24, 2.45) is 0 Å². The van der Waals surface area contributed by atoms with Crippen LogP contribution in [0, 0.1) is 35.4 Å². The van der Waals surface area contributed by atoms with Crippen molar-refractivity contribution in [3.8, 4) is 22.5 Å². The first kappa shape index (κ1) is 45.2. The molecule has 4 nitrogen and oxygen atoms in total. The Morgan fingerprint density at radius 2 is 0.647 bits per heavy atom. The van der Waals surface area contributed by atoms with E-state index in [1.165, 1.54) is 0 Å². The molecule has 0 N–H and O–H groups in total. The van der Waals surface area contributed by atoms with Crippen molar-refractivity contribution in [1.29, 1.82) is 0 Å². The normalized spacial score (nSPS) is 11.1. The van der Waals surface area contributed by atoms with Crippen molar-refractivity contribution < 1.29 is 38.6 Å². The maximum atomic E-state index is 16.3. The molecule has 0 unspecified atom stereocenters. The van der Waals surface area contributed by atoms with E-state index in [2.05, 4.69) is 12.1 Å². The molecule has 332 valence electrons. The average molecular weight is 1070 g/mol. The summed E-state index contributed by atoms with van der Waals surface area (Å²) >= 11 is 0. The van der Waals surface area contributed by atoms with Gasteiger partial charge in [0.1, 0.15) is 5.41 Å². The van der Waals surface area contributed by atoms with Gasteiger partial charge >= 0.3 is 21.1 Å². The van der Waals surface area contributed by atoms with E-state index in [9.17, 15) is 8.78 Å². The van der Waals surface area contributed by atoms with E-state index in [0.29, 0.717) is 22.8 Å². The first-order valence-corrected chi connectivity index (χ1v) is 21.6. The molecule has 8 aromatic carbocycles. The Hall–Kier alpha value is -7.93. The van der Waals surface area contributed by atoms with E-state index in [1.807, 2.05) is 204 Å². The number of benzene rings is 8. The summed E-state index contributed by atoms with van der Waals surface area (Å²) in [4.78, 5) is 14.9. The van der Waals surface area contributed by atoms with Gasteiger partial charge in [-0.1, -0.05) is 169 Å². The molecule has 10 rings (SSSR count). The number of hydrogen-bond donors (Lipinski definition) is 0. The third-order valence-electron chi connectivity index (χ3n) is 11.6. The first-order chi connectivity index (χ1) is 32.9. The number of pyridine rings is 2. The van der Waals surface area contributed by atoms with Gasteiger partial charge in [0.2, 0.25) is 0 Å². The van der Waals surface area contributed by atoms with Crippen LogP contribution in [0.5, 0.6) is 0 Å². The van der Waals surface area contributed by atoms with Crippen LogP contribution in [0.25, 0.3) is 22.5 Å². The van der Waals surface area contributed by atoms with Crippen LogP contribution in [0.4, 0.5) is 51.7 Å². The molecule has 9 heteroatoms. The molecule has 0 bridgehead atoms. The maximum Gasteiger partial charge on any atom is 2.00 e. The Kier molecular flexibility index (Phi) is 13.2. The second-order valence-electron chi connectivity index (χ2n) is 15.8. The zero-order valence-corrected chi connectivity index (χ0v) is 38.3. The van der Waals surface area contributed by atoms with E-state index in [4.69, 9.17) is 9.97 Å². The van der Waals surface area contributed by atoms with Gasteiger partial charge in [-0.2, -0.15) is 0 Å². The van der Waals surface area contributed by atoms with Gasteiger partial charge in [0.05, 0.1) is 11.4 Å². The summed E-state index contributed by atoms with van der Waals surface area (Å²) in [6.45, 7) is 0. The quantitative estimate of drug-likeness (QED) is 0.0901. The Labute approximate surface area is 406 Å². The molecule has 2 heterocycles. The minimum absolute atomic E-state index is 0. The monoisotopic (exact) mass is 1070 g/mol. The molecule has 0 aliphatic rings. The predicted octanol–water partition coefficient (Wildman–Crippen LogP) is 15.3. The fourth-order valence-electron chi connectivity index (χ4n) is 8.68. The van der Waals surface area contributed by atoms with Gasteiger partial charge in [0.25, 0.3) is 0 Å². The smallest absolute Gasteiger partial charge is 0.311 e. The van der Waals surface area contributed by atoms with Crippen LogP contribution in [0.2, 0.25) is 0 Å². The summed E-state index contributed by atoms with van der Waals surface area (Å²) < 4.78 is 61.9. The molecule has 0 saturated heterocycles. The number of rotatable bonds is 12. The molecular weight excluding hydrogens is 1040 g/mol. The van der Waals surface area contributed by atoms with Crippen molar-refractivity contribution in [3.63, 3.8) is 0 Å².